The summed E-state index contributed by atoms with van der Waals surface area (Å²) in [6.45, 7) is 0.745. The summed E-state index contributed by atoms with van der Waals surface area (Å²) in [7, 11) is 0. The first kappa shape index (κ1) is 18.0. The Kier molecular flexibility index (Phi) is 4.46. The van der Waals surface area contributed by atoms with Crippen molar-refractivity contribution in [1.82, 2.24) is 9.97 Å². The maximum absolute atomic E-state index is 12.8. The van der Waals surface area contributed by atoms with E-state index in [0.717, 1.165) is 30.8 Å². The summed E-state index contributed by atoms with van der Waals surface area (Å²) >= 11 is 0. The van der Waals surface area contributed by atoms with Crippen molar-refractivity contribution in [2.45, 2.75) is 12.6 Å². The number of amides is 1. The van der Waals surface area contributed by atoms with Crippen LogP contribution in [0.2, 0.25) is 0 Å². The Hall–Kier alpha value is -3.42. The number of alkyl halides is 3. The number of hydrogen-bond donors (Lipinski definition) is 1. The van der Waals surface area contributed by atoms with Crippen LogP contribution in [0.3, 0.4) is 0 Å². The van der Waals surface area contributed by atoms with Crippen molar-refractivity contribution in [2.24, 2.45) is 0 Å². The molecule has 1 N–H and O–H groups in total. The van der Waals surface area contributed by atoms with Crippen LogP contribution in [0.25, 0.3) is 0 Å². The molecule has 2 heterocycles. The zero-order valence-electron chi connectivity index (χ0n) is 14.6. The Morgan fingerprint density at radius 2 is 1.79 bits per heavy atom. The molecule has 0 atom stereocenters. The van der Waals surface area contributed by atoms with Gasteiger partial charge in [-0.15, -0.1) is 0 Å². The van der Waals surface area contributed by atoms with Gasteiger partial charge in [-0.25, -0.2) is 9.97 Å². The number of rotatable bonds is 3. The van der Waals surface area contributed by atoms with E-state index in [1.165, 1.54) is 30.1 Å². The number of aromatic nitrogens is 2. The molecule has 142 valence electrons. The van der Waals surface area contributed by atoms with E-state index >= 15 is 0 Å². The quantitative estimate of drug-likeness (QED) is 0.725. The van der Waals surface area contributed by atoms with Crippen LogP contribution in [-0.2, 0) is 12.6 Å². The molecule has 8 heteroatoms. The fourth-order valence-electron chi connectivity index (χ4n) is 3.10. The molecule has 1 amide bonds. The first-order chi connectivity index (χ1) is 13.4. The molecule has 3 aromatic rings. The van der Waals surface area contributed by atoms with Gasteiger partial charge in [0.25, 0.3) is 5.91 Å². The molecule has 0 radical (unpaired) electrons. The number of nitrogens with zero attached hydrogens (tertiary/aromatic N) is 3. The lowest BCUT2D eigenvalue weighted by molar-refractivity contribution is -0.137. The highest BCUT2D eigenvalue weighted by Crippen LogP contribution is 2.32. The minimum atomic E-state index is -4.47. The van der Waals surface area contributed by atoms with Crippen molar-refractivity contribution in [2.75, 3.05) is 16.8 Å². The van der Waals surface area contributed by atoms with Crippen molar-refractivity contribution >= 4 is 23.2 Å². The number of nitrogens with one attached hydrogen (secondary N) is 1. The maximum atomic E-state index is 12.8. The number of carbonyl (C=O) groups is 1. The van der Waals surface area contributed by atoms with E-state index in [1.54, 1.807) is 0 Å². The number of hydrogen-bond acceptors (Lipinski definition) is 4. The van der Waals surface area contributed by atoms with E-state index in [2.05, 4.69) is 15.3 Å². The van der Waals surface area contributed by atoms with Crippen LogP contribution in [0.4, 0.5) is 30.5 Å². The Labute approximate surface area is 158 Å². The fourth-order valence-corrected chi connectivity index (χ4v) is 3.10. The summed E-state index contributed by atoms with van der Waals surface area (Å²) in [4.78, 5) is 22.8. The van der Waals surface area contributed by atoms with Gasteiger partial charge < -0.3 is 10.2 Å². The summed E-state index contributed by atoms with van der Waals surface area (Å²) in [6.07, 6.45) is -0.854. The first-order valence-electron chi connectivity index (χ1n) is 8.58. The van der Waals surface area contributed by atoms with Crippen molar-refractivity contribution < 1.29 is 18.0 Å². The maximum Gasteiger partial charge on any atom is 0.416 e. The van der Waals surface area contributed by atoms with Gasteiger partial charge in [0.2, 0.25) is 5.95 Å². The van der Waals surface area contributed by atoms with Crippen LogP contribution in [0.5, 0.6) is 0 Å². The molecule has 0 spiro atoms. The zero-order chi connectivity index (χ0) is 19.7. The predicted molar refractivity (Wildman–Crippen MR) is 98.6 cm³/mol. The number of carbonyl (C=O) groups excluding carboxylic acids is 1. The lowest BCUT2D eigenvalue weighted by atomic mass is 10.2. The van der Waals surface area contributed by atoms with Crippen LogP contribution >= 0.6 is 0 Å². The third-order valence-electron chi connectivity index (χ3n) is 4.48. The summed E-state index contributed by atoms with van der Waals surface area (Å²) < 4.78 is 38.4. The third kappa shape index (κ3) is 3.53. The Morgan fingerprint density at radius 1 is 1.04 bits per heavy atom. The van der Waals surface area contributed by atoms with Crippen molar-refractivity contribution in [3.05, 3.63) is 77.6 Å². The smallest absolute Gasteiger partial charge is 0.322 e. The molecule has 5 nitrogen and oxygen atoms in total. The van der Waals surface area contributed by atoms with Crippen LogP contribution in [-0.4, -0.2) is 22.4 Å². The molecule has 1 aliphatic rings. The molecule has 0 aliphatic carbocycles. The minimum Gasteiger partial charge on any atom is -0.322 e. The van der Waals surface area contributed by atoms with Crippen molar-refractivity contribution in [3.8, 4) is 0 Å². The second-order valence-electron chi connectivity index (χ2n) is 6.33. The highest BCUT2D eigenvalue weighted by atomic mass is 19.4. The van der Waals surface area contributed by atoms with Gasteiger partial charge in [-0.2, -0.15) is 13.2 Å². The summed E-state index contributed by atoms with van der Waals surface area (Å²) in [5.74, 6) is -0.103. The number of benzene rings is 2. The number of fused-ring (bicyclic) bond motifs is 1. The molecule has 1 aliphatic heterocycles. The average Bonchev–Trinajstić information content (AvgIpc) is 3.12. The Balaban J connectivity index is 1.50. The van der Waals surface area contributed by atoms with Gasteiger partial charge in [-0.05, 0) is 36.2 Å². The van der Waals surface area contributed by atoms with E-state index in [-0.39, 0.29) is 11.3 Å². The number of halogens is 3. The molecule has 4 rings (SSSR count). The second kappa shape index (κ2) is 6.95. The molecular formula is C20H15F3N4O. The number of anilines is 3. The van der Waals surface area contributed by atoms with E-state index in [0.29, 0.717) is 5.95 Å². The molecule has 2 aromatic carbocycles. The molecule has 1 aromatic heterocycles. The minimum absolute atomic E-state index is 0.0531. The fraction of sp³-hybridized carbons (Fsp3) is 0.150. The van der Waals surface area contributed by atoms with Gasteiger partial charge in [0.1, 0.15) is 0 Å². The standard InChI is InChI=1S/C20H15F3N4O/c21-20(22,23)15-5-3-6-16(10-15)26-18(28)14-11-24-19(25-12-14)27-9-8-13-4-1-2-7-17(13)27/h1-7,10-12H,8-9H2,(H,26,28). The van der Waals surface area contributed by atoms with E-state index in [1.807, 2.05) is 29.2 Å². The second-order valence-corrected chi connectivity index (χ2v) is 6.33. The molecule has 0 unspecified atom stereocenters. The molecule has 0 fully saturated rings. The van der Waals surface area contributed by atoms with Crippen LogP contribution < -0.4 is 10.2 Å². The topological polar surface area (TPSA) is 58.1 Å². The zero-order valence-corrected chi connectivity index (χ0v) is 14.6. The van der Waals surface area contributed by atoms with Crippen LogP contribution in [0.15, 0.2) is 60.9 Å². The first-order valence-corrected chi connectivity index (χ1v) is 8.58. The van der Waals surface area contributed by atoms with Crippen molar-refractivity contribution in [3.63, 3.8) is 0 Å². The van der Waals surface area contributed by atoms with Gasteiger partial charge >= 0.3 is 6.18 Å². The lowest BCUT2D eigenvalue weighted by Crippen LogP contribution is -2.18. The van der Waals surface area contributed by atoms with E-state index in [4.69, 9.17) is 0 Å². The van der Waals surface area contributed by atoms with Gasteiger partial charge in [-0.3, -0.25) is 4.79 Å². The summed E-state index contributed by atoms with van der Waals surface area (Å²) in [6, 6.07) is 12.4. The van der Waals surface area contributed by atoms with E-state index in [9.17, 15) is 18.0 Å². The Morgan fingerprint density at radius 3 is 2.54 bits per heavy atom. The molecule has 0 saturated heterocycles. The number of para-hydroxylation sites is 1. The average molecular weight is 384 g/mol. The molecule has 0 saturated carbocycles. The third-order valence-corrected chi connectivity index (χ3v) is 4.48. The lowest BCUT2D eigenvalue weighted by Gasteiger charge is -2.17. The monoisotopic (exact) mass is 384 g/mol. The van der Waals surface area contributed by atoms with Gasteiger partial charge in [-0.1, -0.05) is 24.3 Å². The van der Waals surface area contributed by atoms with Crippen LogP contribution in [0, 0.1) is 0 Å². The van der Waals surface area contributed by atoms with Crippen LogP contribution in [0.1, 0.15) is 21.5 Å². The highest BCUT2D eigenvalue weighted by Gasteiger charge is 2.30. The van der Waals surface area contributed by atoms with Crippen molar-refractivity contribution in [1.29, 1.82) is 0 Å². The highest BCUT2D eigenvalue weighted by molar-refractivity contribution is 6.04. The van der Waals surface area contributed by atoms with Gasteiger partial charge in [0.15, 0.2) is 0 Å². The largest absolute Gasteiger partial charge is 0.416 e. The Bertz CT molecular complexity index is 1020. The SMILES string of the molecule is O=C(Nc1cccc(C(F)(F)F)c1)c1cnc(N2CCc3ccccc32)nc1. The predicted octanol–water partition coefficient (Wildman–Crippen LogP) is 4.44. The summed E-state index contributed by atoms with van der Waals surface area (Å²) in [5, 5.41) is 2.44. The summed E-state index contributed by atoms with van der Waals surface area (Å²) in [5.41, 5.74) is 1.62. The normalized spacial score (nSPS) is 13.3. The van der Waals surface area contributed by atoms with Gasteiger partial charge in [0.05, 0.1) is 11.1 Å². The molecular weight excluding hydrogens is 369 g/mol. The molecule has 0 bridgehead atoms. The molecule has 28 heavy (non-hydrogen) atoms. The van der Waals surface area contributed by atoms with E-state index < -0.39 is 17.6 Å². The van der Waals surface area contributed by atoms with Gasteiger partial charge in [0, 0.05) is 30.3 Å².